The van der Waals surface area contributed by atoms with Crippen LogP contribution in [0.3, 0.4) is 0 Å². The van der Waals surface area contributed by atoms with Gasteiger partial charge in [-0.2, -0.15) is 0 Å². The van der Waals surface area contributed by atoms with E-state index in [1.165, 1.54) is 6.07 Å². The molecule has 1 aromatic carbocycles. The Morgan fingerprint density at radius 2 is 2.12 bits per heavy atom. The van der Waals surface area contributed by atoms with Crippen molar-refractivity contribution in [1.29, 1.82) is 0 Å². The molecule has 5 heteroatoms. The zero-order chi connectivity index (χ0) is 12.8. The summed E-state index contributed by atoms with van der Waals surface area (Å²) in [5.41, 5.74) is 0.560. The van der Waals surface area contributed by atoms with Gasteiger partial charge in [0, 0.05) is 12.6 Å². The van der Waals surface area contributed by atoms with Gasteiger partial charge in [-0.05, 0) is 26.8 Å². The molecule has 2 rings (SSSR count). The largest absolute Gasteiger partial charge is 0.356 e. The minimum absolute atomic E-state index is 0.0640. The summed E-state index contributed by atoms with van der Waals surface area (Å²) in [6, 6.07) is 2.81. The third kappa shape index (κ3) is 1.76. The number of anilines is 2. The molecule has 0 aliphatic carbocycles. The van der Waals surface area contributed by atoms with Crippen LogP contribution in [-0.2, 0) is 4.79 Å². The summed E-state index contributed by atoms with van der Waals surface area (Å²) in [7, 11) is 0. The predicted molar refractivity (Wildman–Crippen MR) is 67.1 cm³/mol. The SMILES string of the molecule is CCN1c2cc(Cl)c(F)cc2NC(=O)C1(C)C. The Morgan fingerprint density at radius 3 is 2.71 bits per heavy atom. The highest BCUT2D eigenvalue weighted by molar-refractivity contribution is 6.31. The summed E-state index contributed by atoms with van der Waals surface area (Å²) in [5, 5.41) is 2.77. The Bertz CT molecular complexity index is 488. The van der Waals surface area contributed by atoms with Crippen LogP contribution < -0.4 is 10.2 Å². The molecule has 1 heterocycles. The second-order valence-corrected chi connectivity index (χ2v) is 4.95. The summed E-state index contributed by atoms with van der Waals surface area (Å²) in [4.78, 5) is 13.8. The fraction of sp³-hybridized carbons (Fsp3) is 0.417. The van der Waals surface area contributed by atoms with Crippen LogP contribution in [0.1, 0.15) is 20.8 Å². The number of likely N-dealkylation sites (N-methyl/N-ethyl adjacent to an activating group) is 1. The maximum absolute atomic E-state index is 13.4. The smallest absolute Gasteiger partial charge is 0.249 e. The first-order chi connectivity index (χ1) is 7.87. The van der Waals surface area contributed by atoms with Crippen LogP contribution in [0.5, 0.6) is 0 Å². The van der Waals surface area contributed by atoms with Crippen molar-refractivity contribution in [3.8, 4) is 0 Å². The van der Waals surface area contributed by atoms with Crippen LogP contribution in [0.4, 0.5) is 15.8 Å². The Labute approximate surface area is 105 Å². The van der Waals surface area contributed by atoms with Gasteiger partial charge in [0.2, 0.25) is 5.91 Å². The Hall–Kier alpha value is -1.29. The maximum atomic E-state index is 13.4. The minimum atomic E-state index is -0.664. The van der Waals surface area contributed by atoms with Gasteiger partial charge in [0.15, 0.2) is 0 Å². The van der Waals surface area contributed by atoms with Gasteiger partial charge in [-0.15, -0.1) is 0 Å². The third-order valence-electron chi connectivity index (χ3n) is 3.12. The lowest BCUT2D eigenvalue weighted by Gasteiger charge is -2.43. The number of halogens is 2. The average Bonchev–Trinajstić information content (AvgIpc) is 2.23. The molecule has 3 nitrogen and oxygen atoms in total. The molecule has 0 unspecified atom stereocenters. The zero-order valence-electron chi connectivity index (χ0n) is 9.97. The average molecular weight is 257 g/mol. The monoisotopic (exact) mass is 256 g/mol. The number of carbonyl (C=O) groups excluding carboxylic acids is 1. The van der Waals surface area contributed by atoms with Gasteiger partial charge in [0.25, 0.3) is 0 Å². The number of carbonyl (C=O) groups is 1. The van der Waals surface area contributed by atoms with Gasteiger partial charge in [-0.1, -0.05) is 11.6 Å². The van der Waals surface area contributed by atoms with Gasteiger partial charge in [-0.25, -0.2) is 4.39 Å². The summed E-state index contributed by atoms with van der Waals surface area (Å²) in [5.74, 6) is -0.671. The first-order valence-corrected chi connectivity index (χ1v) is 5.84. The normalized spacial score (nSPS) is 17.7. The minimum Gasteiger partial charge on any atom is -0.356 e. The lowest BCUT2D eigenvalue weighted by Crippen LogP contribution is -2.56. The van der Waals surface area contributed by atoms with E-state index in [1.54, 1.807) is 6.07 Å². The van der Waals surface area contributed by atoms with Crippen LogP contribution >= 0.6 is 11.6 Å². The Kier molecular flexibility index (Phi) is 2.78. The molecule has 1 amide bonds. The van der Waals surface area contributed by atoms with Crippen molar-refractivity contribution in [1.82, 2.24) is 0 Å². The van der Waals surface area contributed by atoms with Crippen LogP contribution in [-0.4, -0.2) is 18.0 Å². The number of amides is 1. The molecule has 0 fully saturated rings. The van der Waals surface area contributed by atoms with Gasteiger partial charge in [0.05, 0.1) is 16.4 Å². The van der Waals surface area contributed by atoms with Crippen LogP contribution in [0, 0.1) is 5.82 Å². The molecule has 1 aliphatic rings. The summed E-state index contributed by atoms with van der Waals surface area (Å²) in [6.45, 7) is 6.24. The van der Waals surface area contributed by atoms with Gasteiger partial charge >= 0.3 is 0 Å². The van der Waals surface area contributed by atoms with Crippen molar-refractivity contribution < 1.29 is 9.18 Å². The molecular formula is C12H14ClFN2O. The highest BCUT2D eigenvalue weighted by atomic mass is 35.5. The van der Waals surface area contributed by atoms with Crippen molar-refractivity contribution >= 4 is 28.9 Å². The number of nitrogens with one attached hydrogen (secondary N) is 1. The van der Waals surface area contributed by atoms with E-state index in [0.717, 1.165) is 5.69 Å². The predicted octanol–water partition coefficient (Wildman–Crippen LogP) is 3.04. The van der Waals surface area contributed by atoms with Gasteiger partial charge < -0.3 is 10.2 Å². The van der Waals surface area contributed by atoms with E-state index < -0.39 is 11.4 Å². The highest BCUT2D eigenvalue weighted by Crippen LogP contribution is 2.39. The van der Waals surface area contributed by atoms with Crippen molar-refractivity contribution in [2.75, 3.05) is 16.8 Å². The summed E-state index contributed by atoms with van der Waals surface area (Å²) >= 11 is 5.78. The Morgan fingerprint density at radius 1 is 1.47 bits per heavy atom. The topological polar surface area (TPSA) is 32.3 Å². The number of hydrogen-bond acceptors (Lipinski definition) is 2. The first kappa shape index (κ1) is 12.2. The number of benzene rings is 1. The molecule has 1 N–H and O–H groups in total. The number of nitrogens with zero attached hydrogens (tertiary/aromatic N) is 1. The Balaban J connectivity index is 2.62. The molecule has 92 valence electrons. The van der Waals surface area contributed by atoms with E-state index in [2.05, 4.69) is 5.32 Å². The third-order valence-corrected chi connectivity index (χ3v) is 3.41. The molecule has 0 aromatic heterocycles. The van der Waals surface area contributed by atoms with E-state index >= 15 is 0 Å². The molecule has 0 radical (unpaired) electrons. The fourth-order valence-electron chi connectivity index (χ4n) is 2.12. The van der Waals surface area contributed by atoms with Crippen molar-refractivity contribution in [3.63, 3.8) is 0 Å². The summed E-state index contributed by atoms with van der Waals surface area (Å²) in [6.07, 6.45) is 0. The second-order valence-electron chi connectivity index (χ2n) is 4.54. The standard InChI is InChI=1S/C12H14ClFN2O/c1-4-16-10-5-7(13)8(14)6-9(10)15-11(17)12(16,2)3/h5-6H,4H2,1-3H3,(H,15,17). The van der Waals surface area contributed by atoms with E-state index in [1.807, 2.05) is 25.7 Å². The van der Waals surface area contributed by atoms with Crippen molar-refractivity contribution in [3.05, 3.63) is 23.0 Å². The van der Waals surface area contributed by atoms with Gasteiger partial charge in [-0.3, -0.25) is 4.79 Å². The molecular weight excluding hydrogens is 243 g/mol. The molecule has 0 atom stereocenters. The molecule has 0 bridgehead atoms. The highest BCUT2D eigenvalue weighted by Gasteiger charge is 2.39. The van der Waals surface area contributed by atoms with Crippen LogP contribution in [0.25, 0.3) is 0 Å². The molecule has 1 aliphatic heterocycles. The fourth-order valence-corrected chi connectivity index (χ4v) is 2.28. The zero-order valence-corrected chi connectivity index (χ0v) is 10.7. The van der Waals surface area contributed by atoms with Crippen molar-refractivity contribution in [2.45, 2.75) is 26.3 Å². The quantitative estimate of drug-likeness (QED) is 0.838. The number of fused-ring (bicyclic) bond motifs is 1. The van der Waals surface area contributed by atoms with Gasteiger partial charge in [0.1, 0.15) is 11.4 Å². The lowest BCUT2D eigenvalue weighted by molar-refractivity contribution is -0.120. The summed E-state index contributed by atoms with van der Waals surface area (Å²) < 4.78 is 13.4. The van der Waals surface area contributed by atoms with Crippen LogP contribution in [0.15, 0.2) is 12.1 Å². The van der Waals surface area contributed by atoms with E-state index in [-0.39, 0.29) is 10.9 Å². The van der Waals surface area contributed by atoms with Crippen molar-refractivity contribution in [2.24, 2.45) is 0 Å². The molecule has 17 heavy (non-hydrogen) atoms. The van der Waals surface area contributed by atoms with E-state index in [9.17, 15) is 9.18 Å². The van der Waals surface area contributed by atoms with E-state index in [4.69, 9.17) is 11.6 Å². The lowest BCUT2D eigenvalue weighted by atomic mass is 9.96. The molecule has 0 saturated heterocycles. The molecule has 0 saturated carbocycles. The number of hydrogen-bond donors (Lipinski definition) is 1. The van der Waals surface area contributed by atoms with Crippen LogP contribution in [0.2, 0.25) is 5.02 Å². The first-order valence-electron chi connectivity index (χ1n) is 5.46. The molecule has 1 aromatic rings. The maximum Gasteiger partial charge on any atom is 0.249 e. The number of rotatable bonds is 1. The second kappa shape index (κ2) is 3.88. The van der Waals surface area contributed by atoms with E-state index in [0.29, 0.717) is 12.2 Å². The molecule has 0 spiro atoms.